The molecule has 3 aromatic rings. The van der Waals surface area contributed by atoms with E-state index in [0.29, 0.717) is 10.0 Å². The van der Waals surface area contributed by atoms with Gasteiger partial charge in [0.05, 0.1) is 15.7 Å². The molecule has 0 bridgehead atoms. The van der Waals surface area contributed by atoms with Gasteiger partial charge in [0.15, 0.2) is 0 Å². The van der Waals surface area contributed by atoms with Gasteiger partial charge < -0.3 is 10.7 Å². The summed E-state index contributed by atoms with van der Waals surface area (Å²) in [5, 5.41) is 2.48. The number of halogens is 2. The van der Waals surface area contributed by atoms with E-state index in [-0.39, 0.29) is 0 Å². The SMILES string of the molecule is CCCCc1ccc2[nH]c(-c3cccc(Cl)c3Cl)c(CCCCN)c2c1. The molecule has 0 aliphatic heterocycles. The van der Waals surface area contributed by atoms with E-state index < -0.39 is 0 Å². The molecule has 0 aliphatic rings. The van der Waals surface area contributed by atoms with Crippen LogP contribution in [-0.2, 0) is 12.8 Å². The average Bonchev–Trinajstić information content (AvgIpc) is 3.00. The van der Waals surface area contributed by atoms with Crippen LogP contribution in [0.25, 0.3) is 22.2 Å². The first-order valence-corrected chi connectivity index (χ1v) is 10.2. The number of hydrogen-bond acceptors (Lipinski definition) is 1. The summed E-state index contributed by atoms with van der Waals surface area (Å²) in [6.45, 7) is 2.95. The molecule has 138 valence electrons. The molecule has 1 heterocycles. The first kappa shape index (κ1) is 19.3. The third-order valence-corrected chi connectivity index (χ3v) is 5.71. The zero-order valence-electron chi connectivity index (χ0n) is 15.2. The minimum atomic E-state index is 0.583. The maximum absolute atomic E-state index is 6.52. The monoisotopic (exact) mass is 388 g/mol. The fourth-order valence-electron chi connectivity index (χ4n) is 3.46. The Labute approximate surface area is 165 Å². The second-order valence-corrected chi connectivity index (χ2v) is 7.59. The van der Waals surface area contributed by atoms with Gasteiger partial charge in [-0.2, -0.15) is 0 Å². The molecule has 4 heteroatoms. The van der Waals surface area contributed by atoms with Crippen LogP contribution in [0.1, 0.15) is 43.7 Å². The standard InChI is InChI=1S/C22H26Cl2N2/c1-2-3-7-15-11-12-20-18(14-15)16(8-4-5-13-25)22(26-20)17-9-6-10-19(23)21(17)24/h6,9-12,14,26H,2-5,7-8,13,25H2,1H3. The topological polar surface area (TPSA) is 41.8 Å². The van der Waals surface area contributed by atoms with Gasteiger partial charge in [0.1, 0.15) is 0 Å². The lowest BCUT2D eigenvalue weighted by Crippen LogP contribution is -1.99. The molecule has 26 heavy (non-hydrogen) atoms. The van der Waals surface area contributed by atoms with Gasteiger partial charge in [0, 0.05) is 16.5 Å². The highest BCUT2D eigenvalue weighted by Gasteiger charge is 2.16. The van der Waals surface area contributed by atoms with Crippen molar-refractivity contribution in [2.75, 3.05) is 6.54 Å². The summed E-state index contributed by atoms with van der Waals surface area (Å²) in [5.74, 6) is 0. The molecule has 0 saturated heterocycles. The van der Waals surface area contributed by atoms with Crippen molar-refractivity contribution in [3.05, 3.63) is 57.6 Å². The number of unbranched alkanes of at least 4 members (excludes halogenated alkanes) is 2. The molecule has 3 N–H and O–H groups in total. The van der Waals surface area contributed by atoms with Gasteiger partial charge in [-0.3, -0.25) is 0 Å². The molecule has 1 aromatic heterocycles. The first-order chi connectivity index (χ1) is 12.7. The summed E-state index contributed by atoms with van der Waals surface area (Å²) in [6, 6.07) is 12.6. The van der Waals surface area contributed by atoms with Crippen LogP contribution in [0.5, 0.6) is 0 Å². The highest BCUT2D eigenvalue weighted by Crippen LogP contribution is 2.38. The molecule has 3 rings (SSSR count). The van der Waals surface area contributed by atoms with E-state index in [1.165, 1.54) is 29.4 Å². The van der Waals surface area contributed by atoms with Gasteiger partial charge in [-0.05, 0) is 68.0 Å². The molecular formula is C22H26Cl2N2. The molecule has 0 fully saturated rings. The summed E-state index contributed by atoms with van der Waals surface area (Å²) in [7, 11) is 0. The summed E-state index contributed by atoms with van der Waals surface area (Å²) in [6.07, 6.45) is 6.60. The van der Waals surface area contributed by atoms with Crippen LogP contribution in [0.3, 0.4) is 0 Å². The molecule has 2 nitrogen and oxygen atoms in total. The largest absolute Gasteiger partial charge is 0.354 e. The minimum Gasteiger partial charge on any atom is -0.354 e. The fourth-order valence-corrected chi connectivity index (χ4v) is 3.86. The van der Waals surface area contributed by atoms with Crippen molar-refractivity contribution in [3.63, 3.8) is 0 Å². The predicted octanol–water partition coefficient (Wildman–Crippen LogP) is 6.77. The smallest absolute Gasteiger partial charge is 0.0685 e. The number of hydrogen-bond donors (Lipinski definition) is 2. The number of fused-ring (bicyclic) bond motifs is 1. The van der Waals surface area contributed by atoms with Crippen molar-refractivity contribution in [1.29, 1.82) is 0 Å². The number of aromatic amines is 1. The summed E-state index contributed by atoms with van der Waals surface area (Å²) in [5.41, 5.74) is 11.6. The number of aromatic nitrogens is 1. The molecule has 0 amide bonds. The van der Waals surface area contributed by atoms with Gasteiger partial charge in [-0.1, -0.05) is 54.7 Å². The summed E-state index contributed by atoms with van der Waals surface area (Å²) in [4.78, 5) is 3.58. The number of benzene rings is 2. The van der Waals surface area contributed by atoms with Crippen LogP contribution in [-0.4, -0.2) is 11.5 Å². The van der Waals surface area contributed by atoms with Crippen LogP contribution < -0.4 is 5.73 Å². The highest BCUT2D eigenvalue weighted by atomic mass is 35.5. The van der Waals surface area contributed by atoms with E-state index in [4.69, 9.17) is 28.9 Å². The Morgan fingerprint density at radius 3 is 2.62 bits per heavy atom. The van der Waals surface area contributed by atoms with Crippen LogP contribution in [0, 0.1) is 0 Å². The highest BCUT2D eigenvalue weighted by molar-refractivity contribution is 6.43. The van der Waals surface area contributed by atoms with E-state index in [9.17, 15) is 0 Å². The number of H-pyrrole nitrogens is 1. The number of nitrogens with one attached hydrogen (secondary N) is 1. The van der Waals surface area contributed by atoms with Crippen molar-refractivity contribution in [3.8, 4) is 11.3 Å². The number of rotatable bonds is 8. The van der Waals surface area contributed by atoms with Gasteiger partial charge >= 0.3 is 0 Å². The normalized spacial score (nSPS) is 11.4. The lowest BCUT2D eigenvalue weighted by atomic mass is 9.98. The van der Waals surface area contributed by atoms with E-state index in [1.54, 1.807) is 0 Å². The molecule has 0 radical (unpaired) electrons. The van der Waals surface area contributed by atoms with E-state index in [2.05, 4.69) is 30.1 Å². The van der Waals surface area contributed by atoms with Gasteiger partial charge in [-0.15, -0.1) is 0 Å². The van der Waals surface area contributed by atoms with Gasteiger partial charge in [0.25, 0.3) is 0 Å². The van der Waals surface area contributed by atoms with Crippen molar-refractivity contribution in [2.24, 2.45) is 5.73 Å². The van der Waals surface area contributed by atoms with Crippen LogP contribution >= 0.6 is 23.2 Å². The second-order valence-electron chi connectivity index (χ2n) is 6.81. The Morgan fingerprint density at radius 1 is 1.00 bits per heavy atom. The second kappa shape index (κ2) is 8.94. The summed E-state index contributed by atoms with van der Waals surface area (Å²) < 4.78 is 0. The Morgan fingerprint density at radius 2 is 1.85 bits per heavy atom. The third-order valence-electron chi connectivity index (χ3n) is 4.89. The van der Waals surface area contributed by atoms with Crippen LogP contribution in [0.15, 0.2) is 36.4 Å². The lowest BCUT2D eigenvalue weighted by Gasteiger charge is -2.08. The molecule has 0 spiro atoms. The van der Waals surface area contributed by atoms with Crippen molar-refractivity contribution < 1.29 is 0 Å². The van der Waals surface area contributed by atoms with E-state index in [1.807, 2.05) is 18.2 Å². The molecule has 0 saturated carbocycles. The van der Waals surface area contributed by atoms with Gasteiger partial charge in [-0.25, -0.2) is 0 Å². The third kappa shape index (κ3) is 4.09. The maximum Gasteiger partial charge on any atom is 0.0685 e. The van der Waals surface area contributed by atoms with E-state index >= 15 is 0 Å². The lowest BCUT2D eigenvalue weighted by molar-refractivity contribution is 0.748. The minimum absolute atomic E-state index is 0.583. The molecular weight excluding hydrogens is 363 g/mol. The molecule has 0 unspecified atom stereocenters. The Hall–Kier alpha value is -1.48. The zero-order valence-corrected chi connectivity index (χ0v) is 16.8. The zero-order chi connectivity index (χ0) is 18.5. The first-order valence-electron chi connectivity index (χ1n) is 9.43. The quantitative estimate of drug-likeness (QED) is 0.410. The Bertz CT molecular complexity index is 883. The summed E-state index contributed by atoms with van der Waals surface area (Å²) >= 11 is 12.8. The van der Waals surface area contributed by atoms with Crippen molar-refractivity contribution >= 4 is 34.1 Å². The van der Waals surface area contributed by atoms with Crippen molar-refractivity contribution in [2.45, 2.75) is 45.4 Å². The molecule has 2 aromatic carbocycles. The average molecular weight is 389 g/mol. The predicted molar refractivity (Wildman–Crippen MR) is 114 cm³/mol. The Balaban J connectivity index is 2.11. The van der Waals surface area contributed by atoms with Crippen LogP contribution in [0.4, 0.5) is 0 Å². The van der Waals surface area contributed by atoms with Gasteiger partial charge in [0.2, 0.25) is 0 Å². The Kier molecular flexibility index (Phi) is 6.63. The number of aryl methyl sites for hydroxylation is 2. The number of nitrogens with two attached hydrogens (primary N) is 1. The van der Waals surface area contributed by atoms with Crippen LogP contribution in [0.2, 0.25) is 10.0 Å². The fraction of sp³-hybridized carbons (Fsp3) is 0.364. The molecule has 0 aliphatic carbocycles. The van der Waals surface area contributed by atoms with E-state index in [0.717, 1.165) is 49.0 Å². The molecule has 0 atom stereocenters. The maximum atomic E-state index is 6.52. The van der Waals surface area contributed by atoms with Crippen molar-refractivity contribution in [1.82, 2.24) is 4.98 Å².